The lowest BCUT2D eigenvalue weighted by Gasteiger charge is -2.13. The number of rotatable bonds is 6. The van der Waals surface area contributed by atoms with Gasteiger partial charge in [-0.2, -0.15) is 4.98 Å². The van der Waals surface area contributed by atoms with E-state index in [4.69, 9.17) is 5.73 Å². The molecule has 1 aromatic heterocycles. The normalized spacial score (nSPS) is 11.9. The highest BCUT2D eigenvalue weighted by Gasteiger charge is 2.07. The Morgan fingerprint density at radius 2 is 2.05 bits per heavy atom. The third-order valence-electron chi connectivity index (χ3n) is 2.98. The lowest BCUT2D eigenvalue weighted by Crippen LogP contribution is -2.18. The molecule has 8 nitrogen and oxygen atoms in total. The van der Waals surface area contributed by atoms with Crippen molar-refractivity contribution in [3.8, 4) is 0 Å². The van der Waals surface area contributed by atoms with Crippen molar-refractivity contribution in [1.82, 2.24) is 15.0 Å². The summed E-state index contributed by atoms with van der Waals surface area (Å²) in [5, 5.41) is 13.7. The van der Waals surface area contributed by atoms with Gasteiger partial charge in [-0.05, 0) is 25.3 Å². The van der Waals surface area contributed by atoms with Crippen LogP contribution in [0.3, 0.4) is 0 Å². The van der Waals surface area contributed by atoms with Crippen LogP contribution >= 0.6 is 0 Å². The van der Waals surface area contributed by atoms with Crippen molar-refractivity contribution in [3.63, 3.8) is 0 Å². The number of aryl methyl sites for hydroxylation is 1. The standard InChI is InChI=1S/C13H16N6O2/c1-9(17-13-16-8-15-12(14)18-13)2-3-10-4-6-11(7-5-10)19(20)21/h4-9H,2-3H2,1H3,(H3,14,15,16,17,18). The van der Waals surface area contributed by atoms with Crippen molar-refractivity contribution < 1.29 is 4.92 Å². The highest BCUT2D eigenvalue weighted by molar-refractivity contribution is 5.33. The Hall–Kier alpha value is -2.77. The summed E-state index contributed by atoms with van der Waals surface area (Å²) in [6, 6.07) is 6.71. The number of hydrogen-bond acceptors (Lipinski definition) is 7. The van der Waals surface area contributed by atoms with Crippen LogP contribution in [0.4, 0.5) is 17.6 Å². The largest absolute Gasteiger partial charge is 0.368 e. The summed E-state index contributed by atoms with van der Waals surface area (Å²) < 4.78 is 0. The molecule has 0 aliphatic carbocycles. The van der Waals surface area contributed by atoms with Crippen LogP contribution in [0.2, 0.25) is 0 Å². The Bertz CT molecular complexity index is 616. The van der Waals surface area contributed by atoms with Crippen molar-refractivity contribution in [1.29, 1.82) is 0 Å². The molecule has 1 atom stereocenters. The topological polar surface area (TPSA) is 120 Å². The average Bonchev–Trinajstić information content (AvgIpc) is 2.45. The maximum Gasteiger partial charge on any atom is 0.269 e. The number of nitrogen functional groups attached to an aromatic ring is 1. The fourth-order valence-corrected chi connectivity index (χ4v) is 1.84. The number of benzene rings is 1. The van der Waals surface area contributed by atoms with E-state index in [1.165, 1.54) is 18.5 Å². The number of hydrogen-bond donors (Lipinski definition) is 2. The summed E-state index contributed by atoms with van der Waals surface area (Å²) in [6.07, 6.45) is 2.99. The van der Waals surface area contributed by atoms with Gasteiger partial charge in [0, 0.05) is 18.2 Å². The minimum Gasteiger partial charge on any atom is -0.368 e. The monoisotopic (exact) mass is 288 g/mol. The molecule has 3 N–H and O–H groups in total. The van der Waals surface area contributed by atoms with E-state index in [0.29, 0.717) is 5.95 Å². The van der Waals surface area contributed by atoms with Crippen LogP contribution in [-0.2, 0) is 6.42 Å². The van der Waals surface area contributed by atoms with E-state index in [9.17, 15) is 10.1 Å². The van der Waals surface area contributed by atoms with Crippen LogP contribution in [0.15, 0.2) is 30.6 Å². The summed E-state index contributed by atoms with van der Waals surface area (Å²) in [4.78, 5) is 21.8. The highest BCUT2D eigenvalue weighted by Crippen LogP contribution is 2.14. The zero-order valence-electron chi connectivity index (χ0n) is 11.6. The summed E-state index contributed by atoms with van der Waals surface area (Å²) in [6.45, 7) is 2.01. The molecule has 110 valence electrons. The number of nitrogens with two attached hydrogens (primary N) is 1. The number of nitrogens with one attached hydrogen (secondary N) is 1. The number of nitro groups is 1. The summed E-state index contributed by atoms with van der Waals surface area (Å²) in [5.74, 6) is 0.619. The molecule has 0 aliphatic rings. The Kier molecular flexibility index (Phi) is 4.60. The Morgan fingerprint density at radius 1 is 1.33 bits per heavy atom. The lowest BCUT2D eigenvalue weighted by atomic mass is 10.1. The van der Waals surface area contributed by atoms with Gasteiger partial charge in [0.2, 0.25) is 11.9 Å². The maximum atomic E-state index is 10.6. The van der Waals surface area contributed by atoms with E-state index in [-0.39, 0.29) is 17.7 Å². The van der Waals surface area contributed by atoms with Gasteiger partial charge in [-0.1, -0.05) is 12.1 Å². The van der Waals surface area contributed by atoms with Gasteiger partial charge in [-0.3, -0.25) is 10.1 Å². The first kappa shape index (κ1) is 14.6. The zero-order valence-corrected chi connectivity index (χ0v) is 11.6. The molecule has 1 heterocycles. The molecule has 0 aliphatic heterocycles. The van der Waals surface area contributed by atoms with Crippen molar-refractivity contribution in [3.05, 3.63) is 46.3 Å². The average molecular weight is 288 g/mol. The molecule has 2 aromatic rings. The second-order valence-electron chi connectivity index (χ2n) is 4.67. The van der Waals surface area contributed by atoms with Crippen molar-refractivity contribution in [2.75, 3.05) is 11.1 Å². The smallest absolute Gasteiger partial charge is 0.269 e. The first-order valence-electron chi connectivity index (χ1n) is 6.49. The number of anilines is 2. The van der Waals surface area contributed by atoms with Crippen LogP contribution in [0, 0.1) is 10.1 Å². The van der Waals surface area contributed by atoms with Crippen molar-refractivity contribution >= 4 is 17.6 Å². The van der Waals surface area contributed by atoms with Gasteiger partial charge in [0.1, 0.15) is 6.33 Å². The number of nitrogens with zero attached hydrogens (tertiary/aromatic N) is 4. The second-order valence-corrected chi connectivity index (χ2v) is 4.67. The molecule has 0 saturated heterocycles. The van der Waals surface area contributed by atoms with E-state index >= 15 is 0 Å². The zero-order chi connectivity index (χ0) is 15.2. The molecular formula is C13H16N6O2. The molecule has 8 heteroatoms. The van der Waals surface area contributed by atoms with E-state index in [2.05, 4.69) is 20.3 Å². The SMILES string of the molecule is CC(CCc1ccc([N+](=O)[O-])cc1)Nc1ncnc(N)n1. The molecular weight excluding hydrogens is 272 g/mol. The van der Waals surface area contributed by atoms with Gasteiger partial charge >= 0.3 is 0 Å². The molecule has 21 heavy (non-hydrogen) atoms. The van der Waals surface area contributed by atoms with Crippen LogP contribution in [0.1, 0.15) is 18.9 Å². The quantitative estimate of drug-likeness (QED) is 0.614. The molecule has 0 fully saturated rings. The summed E-state index contributed by atoms with van der Waals surface area (Å²) >= 11 is 0. The van der Waals surface area contributed by atoms with E-state index in [1.54, 1.807) is 12.1 Å². The van der Waals surface area contributed by atoms with Crippen LogP contribution in [0.5, 0.6) is 0 Å². The summed E-state index contributed by atoms with van der Waals surface area (Å²) in [5.41, 5.74) is 6.63. The number of aromatic nitrogens is 3. The van der Waals surface area contributed by atoms with Gasteiger partial charge in [-0.25, -0.2) is 9.97 Å². The maximum absolute atomic E-state index is 10.6. The molecule has 0 saturated carbocycles. The van der Waals surface area contributed by atoms with E-state index in [1.807, 2.05) is 6.92 Å². The third kappa shape index (κ3) is 4.37. The Labute approximate surface area is 121 Å². The van der Waals surface area contributed by atoms with Gasteiger partial charge in [-0.15, -0.1) is 0 Å². The molecule has 1 unspecified atom stereocenters. The molecule has 0 radical (unpaired) electrons. The van der Waals surface area contributed by atoms with Gasteiger partial charge < -0.3 is 11.1 Å². The highest BCUT2D eigenvalue weighted by atomic mass is 16.6. The Balaban J connectivity index is 1.86. The predicted octanol–water partition coefficient (Wildman–Crippen LogP) is 1.80. The fourth-order valence-electron chi connectivity index (χ4n) is 1.84. The van der Waals surface area contributed by atoms with Gasteiger partial charge in [0.25, 0.3) is 5.69 Å². The first-order valence-corrected chi connectivity index (χ1v) is 6.49. The Morgan fingerprint density at radius 3 is 2.67 bits per heavy atom. The van der Waals surface area contributed by atoms with E-state index < -0.39 is 4.92 Å². The lowest BCUT2D eigenvalue weighted by molar-refractivity contribution is -0.384. The molecule has 0 spiro atoms. The van der Waals surface area contributed by atoms with Gasteiger partial charge in [0.05, 0.1) is 4.92 Å². The van der Waals surface area contributed by atoms with Gasteiger partial charge in [0.15, 0.2) is 0 Å². The first-order chi connectivity index (χ1) is 10.0. The van der Waals surface area contributed by atoms with Crippen LogP contribution < -0.4 is 11.1 Å². The third-order valence-corrected chi connectivity index (χ3v) is 2.98. The second kappa shape index (κ2) is 6.60. The fraction of sp³-hybridized carbons (Fsp3) is 0.308. The molecule has 2 rings (SSSR count). The minimum atomic E-state index is -0.404. The van der Waals surface area contributed by atoms with Crippen LogP contribution in [0.25, 0.3) is 0 Å². The number of non-ortho nitro benzene ring substituents is 1. The predicted molar refractivity (Wildman–Crippen MR) is 78.7 cm³/mol. The molecule has 0 bridgehead atoms. The number of nitro benzene ring substituents is 1. The van der Waals surface area contributed by atoms with Crippen molar-refractivity contribution in [2.24, 2.45) is 0 Å². The molecule has 1 aromatic carbocycles. The van der Waals surface area contributed by atoms with Crippen molar-refractivity contribution in [2.45, 2.75) is 25.8 Å². The van der Waals surface area contributed by atoms with E-state index in [0.717, 1.165) is 18.4 Å². The van der Waals surface area contributed by atoms with Crippen LogP contribution in [-0.4, -0.2) is 25.9 Å². The minimum absolute atomic E-state index is 0.102. The summed E-state index contributed by atoms with van der Waals surface area (Å²) in [7, 11) is 0. The molecule has 0 amide bonds.